The Morgan fingerprint density at radius 1 is 1.09 bits per heavy atom. The Bertz CT molecular complexity index is 1160. The van der Waals surface area contributed by atoms with E-state index in [4.69, 9.17) is 15.5 Å². The lowest BCUT2D eigenvalue weighted by molar-refractivity contribution is -0.138. The van der Waals surface area contributed by atoms with E-state index in [1.165, 1.54) is 42.5 Å². The fraction of sp³-hybridized carbons (Fsp3) is 0.517. The lowest BCUT2D eigenvalue weighted by Gasteiger charge is -2.45. The quantitative estimate of drug-likeness (QED) is 0.649. The molecule has 1 amide bonds. The maximum Gasteiger partial charge on any atom is 0.262 e. The van der Waals surface area contributed by atoms with E-state index in [1.54, 1.807) is 24.1 Å². The number of hydrogen-bond acceptors (Lipinski definition) is 4. The summed E-state index contributed by atoms with van der Waals surface area (Å²) in [5.74, 6) is 0.801. The van der Waals surface area contributed by atoms with Gasteiger partial charge >= 0.3 is 0 Å². The molecule has 2 N–H and O–H groups in total. The number of methoxy groups -OCH3 is 1. The zero-order chi connectivity index (χ0) is 24.2. The van der Waals surface area contributed by atoms with Crippen LogP contribution < -0.4 is 5.73 Å². The molecular formula is C29H34FN3O2. The highest BCUT2D eigenvalue weighted by molar-refractivity contribution is 6.08. The van der Waals surface area contributed by atoms with E-state index in [1.807, 2.05) is 0 Å². The summed E-state index contributed by atoms with van der Waals surface area (Å²) in [6, 6.07) is 13.0. The Kier molecular flexibility index (Phi) is 5.48. The number of nitrogens with two attached hydrogens (primary N) is 1. The Hall–Kier alpha value is -2.73. The minimum Gasteiger partial charge on any atom is -0.381 e. The molecule has 2 aromatic rings. The van der Waals surface area contributed by atoms with Crippen molar-refractivity contribution in [3.05, 3.63) is 70.5 Å². The van der Waals surface area contributed by atoms with Gasteiger partial charge in [0, 0.05) is 12.5 Å². The molecule has 6 rings (SSSR count). The van der Waals surface area contributed by atoms with Crippen molar-refractivity contribution < 1.29 is 13.9 Å². The first kappa shape index (κ1) is 22.7. The van der Waals surface area contributed by atoms with Crippen LogP contribution in [-0.4, -0.2) is 30.0 Å². The molecule has 4 aliphatic rings. The highest BCUT2D eigenvalue weighted by atomic mass is 19.1. The topological polar surface area (TPSA) is 67.9 Å². The molecule has 0 saturated heterocycles. The minimum atomic E-state index is -0.985. The summed E-state index contributed by atoms with van der Waals surface area (Å²) >= 11 is 0. The van der Waals surface area contributed by atoms with Gasteiger partial charge in [-0.25, -0.2) is 9.38 Å². The van der Waals surface area contributed by atoms with Gasteiger partial charge in [0.2, 0.25) is 0 Å². The summed E-state index contributed by atoms with van der Waals surface area (Å²) in [4.78, 5) is 21.1. The summed E-state index contributed by atoms with van der Waals surface area (Å²) in [5, 5.41) is 0. The number of guanidine groups is 1. The van der Waals surface area contributed by atoms with Crippen molar-refractivity contribution >= 4 is 11.9 Å². The van der Waals surface area contributed by atoms with Gasteiger partial charge in [-0.2, -0.15) is 0 Å². The number of ether oxygens (including phenoxy) is 1. The lowest BCUT2D eigenvalue weighted by Crippen LogP contribution is -2.52. The van der Waals surface area contributed by atoms with Gasteiger partial charge in [-0.05, 0) is 85.3 Å². The van der Waals surface area contributed by atoms with Crippen LogP contribution in [0.1, 0.15) is 67.2 Å². The van der Waals surface area contributed by atoms with Crippen LogP contribution in [0.25, 0.3) is 0 Å². The second-order valence-corrected chi connectivity index (χ2v) is 11.1. The highest BCUT2D eigenvalue weighted by Gasteiger charge is 2.66. The molecule has 2 spiro atoms. The average molecular weight is 476 g/mol. The zero-order valence-electron chi connectivity index (χ0n) is 20.4. The third-order valence-electron chi connectivity index (χ3n) is 8.99. The normalized spacial score (nSPS) is 29.8. The molecule has 0 bridgehead atoms. The summed E-state index contributed by atoms with van der Waals surface area (Å²) in [7, 11) is 1.77. The largest absolute Gasteiger partial charge is 0.381 e. The third kappa shape index (κ3) is 3.68. The van der Waals surface area contributed by atoms with E-state index in [9.17, 15) is 9.18 Å². The SMILES string of the molecule is COC1CCC2(CC1)Cc1ccc(CCC3CC3)cc1C21N=C(N)N(Cc2ccc(F)cc2)C1=O. The van der Waals surface area contributed by atoms with Crippen LogP contribution in [0.15, 0.2) is 47.5 Å². The number of amides is 1. The molecule has 2 aromatic carbocycles. The number of carbonyl (C=O) groups excluding carboxylic acids is 1. The van der Waals surface area contributed by atoms with Crippen LogP contribution in [0.5, 0.6) is 0 Å². The number of aryl methyl sites for hydroxylation is 1. The van der Waals surface area contributed by atoms with Gasteiger partial charge in [0.15, 0.2) is 11.5 Å². The van der Waals surface area contributed by atoms with E-state index in [0.29, 0.717) is 6.54 Å². The molecule has 1 atom stereocenters. The van der Waals surface area contributed by atoms with Crippen molar-refractivity contribution in [1.29, 1.82) is 0 Å². The summed E-state index contributed by atoms with van der Waals surface area (Å²) < 4.78 is 19.1. The minimum absolute atomic E-state index is 0.0340. The summed E-state index contributed by atoms with van der Waals surface area (Å²) in [6.45, 7) is 0.295. The van der Waals surface area contributed by atoms with E-state index in [-0.39, 0.29) is 29.2 Å². The molecule has 3 aliphatic carbocycles. The molecule has 6 heteroatoms. The standard InChI is InChI=1S/C29H34FN3O2/c1-35-24-12-14-28(15-13-24)17-22-9-6-20(5-4-19-2-3-19)16-25(22)29(28)26(34)33(27(31)32-29)18-21-7-10-23(30)11-8-21/h6-11,16,19,24H,2-5,12-15,17-18H2,1H3,(H2,31,32). The molecule has 1 unspecified atom stereocenters. The molecule has 0 aromatic heterocycles. The Morgan fingerprint density at radius 2 is 1.80 bits per heavy atom. The first-order valence-electron chi connectivity index (χ1n) is 13.0. The number of rotatable bonds is 6. The van der Waals surface area contributed by atoms with Crippen LogP contribution in [0.2, 0.25) is 0 Å². The molecule has 2 saturated carbocycles. The van der Waals surface area contributed by atoms with Gasteiger partial charge < -0.3 is 10.5 Å². The van der Waals surface area contributed by atoms with Gasteiger partial charge in [0.25, 0.3) is 5.91 Å². The molecule has 35 heavy (non-hydrogen) atoms. The molecule has 184 valence electrons. The second-order valence-electron chi connectivity index (χ2n) is 11.1. The van der Waals surface area contributed by atoms with Gasteiger partial charge in [-0.3, -0.25) is 9.69 Å². The maximum atomic E-state index is 14.4. The van der Waals surface area contributed by atoms with Crippen molar-refractivity contribution in [1.82, 2.24) is 4.90 Å². The third-order valence-corrected chi connectivity index (χ3v) is 8.99. The Labute approximate surface area is 206 Å². The maximum absolute atomic E-state index is 14.4. The zero-order valence-corrected chi connectivity index (χ0v) is 20.4. The molecule has 1 aliphatic heterocycles. The van der Waals surface area contributed by atoms with Crippen molar-refractivity contribution in [2.24, 2.45) is 22.1 Å². The molecular weight excluding hydrogens is 441 g/mol. The Balaban J connectivity index is 1.39. The van der Waals surface area contributed by atoms with E-state index in [0.717, 1.165) is 55.6 Å². The molecule has 0 radical (unpaired) electrons. The van der Waals surface area contributed by atoms with Crippen molar-refractivity contribution in [2.45, 2.75) is 76.0 Å². The van der Waals surface area contributed by atoms with Gasteiger partial charge in [0.1, 0.15) is 5.82 Å². The van der Waals surface area contributed by atoms with Gasteiger partial charge in [-0.15, -0.1) is 0 Å². The average Bonchev–Trinajstić information content (AvgIpc) is 3.62. The number of halogens is 1. The number of aliphatic imine (C=N–C) groups is 1. The van der Waals surface area contributed by atoms with Crippen LogP contribution >= 0.6 is 0 Å². The fourth-order valence-corrected chi connectivity index (χ4v) is 6.77. The molecule has 2 fully saturated rings. The van der Waals surface area contributed by atoms with E-state index < -0.39 is 5.54 Å². The van der Waals surface area contributed by atoms with E-state index >= 15 is 0 Å². The van der Waals surface area contributed by atoms with E-state index in [2.05, 4.69) is 18.2 Å². The lowest BCUT2D eigenvalue weighted by atomic mass is 9.61. The predicted octanol–water partition coefficient (Wildman–Crippen LogP) is 4.85. The fourth-order valence-electron chi connectivity index (χ4n) is 6.77. The summed E-state index contributed by atoms with van der Waals surface area (Å²) in [6.07, 6.45) is 9.60. The van der Waals surface area contributed by atoms with Crippen LogP contribution in [0.4, 0.5) is 4.39 Å². The highest BCUT2D eigenvalue weighted by Crippen LogP contribution is 2.62. The number of nitrogens with zero attached hydrogens (tertiary/aromatic N) is 2. The Morgan fingerprint density at radius 3 is 2.49 bits per heavy atom. The van der Waals surface area contributed by atoms with Gasteiger partial charge in [-0.1, -0.05) is 43.2 Å². The van der Waals surface area contributed by atoms with Crippen molar-refractivity contribution in [3.63, 3.8) is 0 Å². The number of fused-ring (bicyclic) bond motifs is 3. The first-order chi connectivity index (χ1) is 16.9. The van der Waals surface area contributed by atoms with Gasteiger partial charge in [0.05, 0.1) is 12.6 Å². The predicted molar refractivity (Wildman–Crippen MR) is 133 cm³/mol. The smallest absolute Gasteiger partial charge is 0.262 e. The molecule has 1 heterocycles. The van der Waals surface area contributed by atoms with Crippen molar-refractivity contribution in [3.8, 4) is 0 Å². The van der Waals surface area contributed by atoms with Crippen LogP contribution in [0, 0.1) is 17.2 Å². The van der Waals surface area contributed by atoms with Crippen LogP contribution in [-0.2, 0) is 34.5 Å². The number of benzene rings is 2. The first-order valence-corrected chi connectivity index (χ1v) is 13.0. The monoisotopic (exact) mass is 475 g/mol. The second kappa shape index (κ2) is 8.44. The van der Waals surface area contributed by atoms with Crippen LogP contribution in [0.3, 0.4) is 0 Å². The molecule has 5 nitrogen and oxygen atoms in total. The number of hydrogen-bond donors (Lipinski definition) is 1. The van der Waals surface area contributed by atoms with Crippen molar-refractivity contribution in [2.75, 3.05) is 7.11 Å². The summed E-state index contributed by atoms with van der Waals surface area (Å²) in [5.41, 5.74) is 9.63. The number of carbonyl (C=O) groups is 1.